The van der Waals surface area contributed by atoms with Gasteiger partial charge in [-0.25, -0.2) is 14.5 Å². The third kappa shape index (κ3) is 7.54. The minimum absolute atomic E-state index is 0.351. The lowest BCUT2D eigenvalue weighted by molar-refractivity contribution is -0.131. The van der Waals surface area contributed by atoms with Gasteiger partial charge in [-0.15, -0.1) is 0 Å². The molecule has 27 heavy (non-hydrogen) atoms. The molecule has 0 saturated heterocycles. The minimum Gasteiger partial charge on any atom is -0.478 e. The first-order chi connectivity index (χ1) is 12.6. The highest BCUT2D eigenvalue weighted by molar-refractivity contribution is 6.35. The maximum absolute atomic E-state index is 10.6. The average Bonchev–Trinajstić information content (AvgIpc) is 3.07. The number of rotatable bonds is 4. The van der Waals surface area contributed by atoms with Crippen molar-refractivity contribution in [2.24, 2.45) is 5.41 Å². The van der Waals surface area contributed by atoms with Crippen LogP contribution in [0.4, 0.5) is 0 Å². The van der Waals surface area contributed by atoms with Crippen molar-refractivity contribution in [3.8, 4) is 0 Å². The second-order valence-corrected chi connectivity index (χ2v) is 7.53. The molecule has 8 heteroatoms. The van der Waals surface area contributed by atoms with E-state index in [1.807, 2.05) is 20.8 Å². The summed E-state index contributed by atoms with van der Waals surface area (Å²) in [7, 11) is 0. The number of aromatic nitrogens is 3. The molecule has 0 bridgehead atoms. The van der Waals surface area contributed by atoms with Crippen molar-refractivity contribution in [2.75, 3.05) is 0 Å². The Balaban J connectivity index is 0.000000527. The van der Waals surface area contributed by atoms with E-state index < -0.39 is 12.1 Å². The first kappa shape index (κ1) is 22.9. The molecule has 2 rings (SSSR count). The molecule has 0 aliphatic heterocycles. The third-order valence-electron chi connectivity index (χ3n) is 3.36. The number of aliphatic hydroxyl groups excluding tert-OH is 1. The Morgan fingerprint density at radius 1 is 1.30 bits per heavy atom. The van der Waals surface area contributed by atoms with Crippen molar-refractivity contribution in [1.29, 1.82) is 0 Å². The molecule has 0 aliphatic carbocycles. The third-order valence-corrected chi connectivity index (χ3v) is 3.92. The molecular weight excluding hydrogens is 389 g/mol. The van der Waals surface area contributed by atoms with Gasteiger partial charge < -0.3 is 10.2 Å². The number of halogens is 2. The Morgan fingerprint density at radius 3 is 2.37 bits per heavy atom. The summed E-state index contributed by atoms with van der Waals surface area (Å²) >= 11 is 12.1. The van der Waals surface area contributed by atoms with Crippen LogP contribution in [0.3, 0.4) is 0 Å². The predicted octanol–water partition coefficient (Wildman–Crippen LogP) is 4.64. The highest BCUT2D eigenvalue weighted by atomic mass is 35.5. The van der Waals surface area contributed by atoms with Crippen molar-refractivity contribution in [2.45, 2.75) is 33.8 Å². The fourth-order valence-electron chi connectivity index (χ4n) is 1.98. The lowest BCUT2D eigenvalue weighted by atomic mass is 9.86. The molecule has 2 N–H and O–H groups in total. The Labute approximate surface area is 168 Å². The zero-order chi connectivity index (χ0) is 20.6. The Kier molecular flexibility index (Phi) is 8.69. The average molecular weight is 412 g/mol. The molecule has 0 fully saturated rings. The van der Waals surface area contributed by atoms with Gasteiger partial charge in [-0.3, -0.25) is 0 Å². The number of nitrogens with zero attached hydrogens (tertiary/aromatic N) is 3. The number of hydrogen-bond donors (Lipinski definition) is 2. The van der Waals surface area contributed by atoms with Crippen LogP contribution in [-0.4, -0.2) is 37.1 Å². The first-order valence-electron chi connectivity index (χ1n) is 8.11. The lowest BCUT2D eigenvalue weighted by Gasteiger charge is -2.28. The van der Waals surface area contributed by atoms with E-state index in [0.717, 1.165) is 11.6 Å². The van der Waals surface area contributed by atoms with Crippen molar-refractivity contribution in [3.63, 3.8) is 0 Å². The van der Waals surface area contributed by atoms with Gasteiger partial charge in [0.15, 0.2) is 0 Å². The molecule has 1 unspecified atom stereocenters. The van der Waals surface area contributed by atoms with Crippen molar-refractivity contribution < 1.29 is 15.0 Å². The summed E-state index contributed by atoms with van der Waals surface area (Å²) in [6.45, 7) is 7.51. The summed E-state index contributed by atoms with van der Waals surface area (Å²) < 4.78 is 1.54. The van der Waals surface area contributed by atoms with Crippen LogP contribution in [0.1, 0.15) is 33.3 Å². The summed E-state index contributed by atoms with van der Waals surface area (Å²) in [5.74, 6) is -0.891. The molecule has 0 aliphatic rings. The van der Waals surface area contributed by atoms with Gasteiger partial charge in [0.25, 0.3) is 0 Å². The normalized spacial score (nSPS) is 13.2. The standard InChI is InChI=1S/C15H17Cl2N3O.C4H6O2/c1-15(2,3)14(21)13(20-9-18-8-19-20)6-10-4-5-11(16)7-12(10)17;1-2-3-4(5)6/h4-9,14,21H,1-3H3;2-3H,1H3,(H,5,6)/b13-6+;3-2+. The molecule has 1 aromatic heterocycles. The summed E-state index contributed by atoms with van der Waals surface area (Å²) in [4.78, 5) is 13.4. The van der Waals surface area contributed by atoms with Crippen LogP contribution in [0.15, 0.2) is 43.0 Å². The van der Waals surface area contributed by atoms with Gasteiger partial charge in [0.2, 0.25) is 0 Å². The molecule has 1 heterocycles. The van der Waals surface area contributed by atoms with Crippen molar-refractivity contribution in [1.82, 2.24) is 14.8 Å². The van der Waals surface area contributed by atoms with Gasteiger partial charge in [-0.05, 0) is 36.1 Å². The fraction of sp³-hybridized carbons (Fsp3) is 0.316. The molecule has 1 aromatic carbocycles. The summed E-state index contributed by atoms with van der Waals surface area (Å²) in [6.07, 6.45) is 6.59. The molecule has 6 nitrogen and oxygen atoms in total. The van der Waals surface area contributed by atoms with Gasteiger partial charge in [0, 0.05) is 16.1 Å². The van der Waals surface area contributed by atoms with Gasteiger partial charge in [0.05, 0.1) is 5.70 Å². The second kappa shape index (κ2) is 10.3. The van der Waals surface area contributed by atoms with E-state index in [4.69, 9.17) is 28.3 Å². The van der Waals surface area contributed by atoms with Gasteiger partial charge >= 0.3 is 5.97 Å². The number of aliphatic hydroxyl groups is 1. The number of carboxylic acid groups (broad SMARTS) is 1. The van der Waals surface area contributed by atoms with Gasteiger partial charge in [-0.1, -0.05) is 56.1 Å². The van der Waals surface area contributed by atoms with Crippen LogP contribution in [0.2, 0.25) is 10.0 Å². The van der Waals surface area contributed by atoms with Crippen LogP contribution in [0.5, 0.6) is 0 Å². The van der Waals surface area contributed by atoms with Crippen molar-refractivity contribution >= 4 is 40.9 Å². The van der Waals surface area contributed by atoms with Gasteiger partial charge in [-0.2, -0.15) is 5.10 Å². The summed E-state index contributed by atoms with van der Waals surface area (Å²) in [6, 6.07) is 5.22. The maximum atomic E-state index is 10.6. The maximum Gasteiger partial charge on any atom is 0.327 e. The molecule has 1 atom stereocenters. The van der Waals surface area contributed by atoms with E-state index in [1.165, 1.54) is 12.4 Å². The number of aliphatic carboxylic acids is 1. The van der Waals surface area contributed by atoms with Crippen LogP contribution in [0, 0.1) is 5.41 Å². The van der Waals surface area contributed by atoms with E-state index in [-0.39, 0.29) is 5.41 Å². The molecule has 146 valence electrons. The van der Waals surface area contributed by atoms with E-state index in [9.17, 15) is 9.90 Å². The van der Waals surface area contributed by atoms with Crippen LogP contribution in [0.25, 0.3) is 11.8 Å². The quantitative estimate of drug-likeness (QED) is 0.715. The number of carbonyl (C=O) groups is 1. The predicted molar refractivity (Wildman–Crippen MR) is 109 cm³/mol. The second-order valence-electron chi connectivity index (χ2n) is 6.68. The van der Waals surface area contributed by atoms with Crippen molar-refractivity contribution in [3.05, 3.63) is 58.6 Å². The number of carboxylic acids is 1. The first-order valence-corrected chi connectivity index (χ1v) is 8.87. The Bertz CT molecular complexity index is 810. The lowest BCUT2D eigenvalue weighted by Crippen LogP contribution is -2.29. The largest absolute Gasteiger partial charge is 0.478 e. The highest BCUT2D eigenvalue weighted by Crippen LogP contribution is 2.30. The molecular formula is C19H23Cl2N3O3. The van der Waals surface area contributed by atoms with Crippen LogP contribution >= 0.6 is 23.2 Å². The van der Waals surface area contributed by atoms with E-state index in [0.29, 0.717) is 15.7 Å². The molecule has 0 spiro atoms. The van der Waals surface area contributed by atoms with E-state index >= 15 is 0 Å². The monoisotopic (exact) mass is 411 g/mol. The smallest absolute Gasteiger partial charge is 0.327 e. The molecule has 2 aromatic rings. The fourth-order valence-corrected chi connectivity index (χ4v) is 2.44. The number of allylic oxidation sites excluding steroid dienone is 1. The SMILES string of the molecule is C/C=C/C(=O)O.CC(C)(C)C(O)/C(=C\c1ccc(Cl)cc1Cl)n1cncn1. The Hall–Kier alpha value is -2.15. The van der Waals surface area contributed by atoms with E-state index in [1.54, 1.807) is 42.2 Å². The van der Waals surface area contributed by atoms with Crippen LogP contribution < -0.4 is 0 Å². The molecule has 0 amide bonds. The zero-order valence-corrected chi connectivity index (χ0v) is 17.1. The number of benzene rings is 1. The highest BCUT2D eigenvalue weighted by Gasteiger charge is 2.27. The molecule has 0 radical (unpaired) electrons. The van der Waals surface area contributed by atoms with Gasteiger partial charge in [0.1, 0.15) is 18.8 Å². The zero-order valence-electron chi connectivity index (χ0n) is 15.6. The number of hydrogen-bond acceptors (Lipinski definition) is 4. The van der Waals surface area contributed by atoms with Crippen LogP contribution in [-0.2, 0) is 4.79 Å². The topological polar surface area (TPSA) is 88.2 Å². The Morgan fingerprint density at radius 2 is 1.96 bits per heavy atom. The summed E-state index contributed by atoms with van der Waals surface area (Å²) in [5, 5.41) is 23.6. The van der Waals surface area contributed by atoms with E-state index in [2.05, 4.69) is 10.1 Å². The molecule has 0 saturated carbocycles. The summed E-state index contributed by atoms with van der Waals surface area (Å²) in [5.41, 5.74) is 1.01. The minimum atomic E-state index is -0.891.